The number of halogens is 3. The van der Waals surface area contributed by atoms with Gasteiger partial charge in [-0.3, -0.25) is 0 Å². The van der Waals surface area contributed by atoms with E-state index in [2.05, 4.69) is 53.0 Å². The molecule has 2 aliphatic rings. The maximum Gasteiger partial charge on any atom is 0.278 e. The highest BCUT2D eigenvalue weighted by atomic mass is 19.3. The Bertz CT molecular complexity index is 1370. The molecule has 36 heavy (non-hydrogen) atoms. The lowest BCUT2D eigenvalue weighted by Crippen LogP contribution is -2.26. The lowest BCUT2D eigenvalue weighted by Gasteiger charge is -2.25. The molecule has 1 N–H and O–H groups in total. The van der Waals surface area contributed by atoms with Crippen molar-refractivity contribution in [2.45, 2.75) is 77.8 Å². The van der Waals surface area contributed by atoms with Gasteiger partial charge in [0, 0.05) is 45.1 Å². The molecule has 0 amide bonds. The Kier molecular flexibility index (Phi) is 5.61. The van der Waals surface area contributed by atoms with Crippen molar-refractivity contribution in [3.63, 3.8) is 0 Å². The second-order valence-corrected chi connectivity index (χ2v) is 11.1. The van der Waals surface area contributed by atoms with Crippen LogP contribution >= 0.6 is 0 Å². The van der Waals surface area contributed by atoms with Crippen molar-refractivity contribution in [3.8, 4) is 0 Å². The van der Waals surface area contributed by atoms with Crippen molar-refractivity contribution in [2.75, 3.05) is 10.2 Å². The lowest BCUT2D eigenvalue weighted by atomic mass is 9.83. The summed E-state index contributed by atoms with van der Waals surface area (Å²) < 4.78 is 44.7. The largest absolute Gasteiger partial charge is 0.361 e. The van der Waals surface area contributed by atoms with Gasteiger partial charge in [-0.25, -0.2) is 13.2 Å². The number of fused-ring (bicyclic) bond motifs is 2. The molecule has 0 saturated heterocycles. The normalized spacial score (nSPS) is 18.2. The van der Waals surface area contributed by atoms with E-state index in [1.54, 1.807) is 6.92 Å². The number of nitrogens with one attached hydrogen (secondary N) is 1. The van der Waals surface area contributed by atoms with Crippen molar-refractivity contribution >= 4 is 22.3 Å². The highest BCUT2D eigenvalue weighted by Crippen LogP contribution is 2.53. The van der Waals surface area contributed by atoms with Crippen LogP contribution in [0.15, 0.2) is 42.6 Å². The number of hydrogen-bond acceptors (Lipinski definition) is 4. The van der Waals surface area contributed by atoms with E-state index in [1.807, 2.05) is 6.92 Å². The van der Waals surface area contributed by atoms with E-state index in [4.69, 9.17) is 0 Å². The molecule has 190 valence electrons. The van der Waals surface area contributed by atoms with Crippen LogP contribution in [0.1, 0.15) is 75.9 Å². The highest BCUT2D eigenvalue weighted by molar-refractivity contribution is 5.98. The number of hydrogen-bond donors (Lipinski definition) is 1. The van der Waals surface area contributed by atoms with Crippen molar-refractivity contribution in [1.29, 1.82) is 0 Å². The van der Waals surface area contributed by atoms with Crippen LogP contribution in [0.4, 0.5) is 24.7 Å². The molecule has 7 heteroatoms. The van der Waals surface area contributed by atoms with Crippen LogP contribution in [0.3, 0.4) is 0 Å². The number of anilines is 2. The second kappa shape index (κ2) is 8.22. The molecule has 4 nitrogen and oxygen atoms in total. The summed E-state index contributed by atoms with van der Waals surface area (Å²) in [5.41, 5.74) is 3.59. The summed E-state index contributed by atoms with van der Waals surface area (Å²) in [5, 5.41) is 13.8. The predicted octanol–water partition coefficient (Wildman–Crippen LogP) is 7.77. The van der Waals surface area contributed by atoms with Crippen LogP contribution in [0.2, 0.25) is 0 Å². The first-order chi connectivity index (χ1) is 16.9. The molecule has 5 rings (SSSR count). The van der Waals surface area contributed by atoms with Crippen LogP contribution in [0, 0.1) is 18.7 Å². The van der Waals surface area contributed by atoms with E-state index in [1.165, 1.54) is 31.5 Å². The van der Waals surface area contributed by atoms with E-state index in [0.29, 0.717) is 11.9 Å². The van der Waals surface area contributed by atoms with E-state index < -0.39 is 29.3 Å². The van der Waals surface area contributed by atoms with Crippen LogP contribution in [-0.4, -0.2) is 16.2 Å². The van der Waals surface area contributed by atoms with Crippen molar-refractivity contribution in [2.24, 2.45) is 5.92 Å². The summed E-state index contributed by atoms with van der Waals surface area (Å²) in [4.78, 5) is 2.34. The smallest absolute Gasteiger partial charge is 0.278 e. The van der Waals surface area contributed by atoms with Gasteiger partial charge >= 0.3 is 0 Å². The summed E-state index contributed by atoms with van der Waals surface area (Å²) in [6.07, 6.45) is 2.28. The van der Waals surface area contributed by atoms with E-state index in [9.17, 15) is 8.78 Å². The number of allylic oxidation sites excluding steroid dienone is 1. The van der Waals surface area contributed by atoms with Gasteiger partial charge in [0.25, 0.3) is 5.92 Å². The van der Waals surface area contributed by atoms with E-state index >= 15 is 4.39 Å². The summed E-state index contributed by atoms with van der Waals surface area (Å²) in [5.74, 6) is -4.68. The molecular weight excluding hydrogens is 461 g/mol. The van der Waals surface area contributed by atoms with E-state index in [-0.39, 0.29) is 11.0 Å². The van der Waals surface area contributed by atoms with E-state index in [0.717, 1.165) is 46.8 Å². The van der Waals surface area contributed by atoms with Crippen molar-refractivity contribution in [1.82, 2.24) is 10.2 Å². The number of rotatable bonds is 6. The fourth-order valence-electron chi connectivity index (χ4n) is 5.21. The fraction of sp³-hybridized carbons (Fsp3) is 0.448. The van der Waals surface area contributed by atoms with Gasteiger partial charge in [-0.2, -0.15) is 5.10 Å². The topological polar surface area (TPSA) is 41.0 Å². The summed E-state index contributed by atoms with van der Waals surface area (Å²) in [7, 11) is 0. The molecule has 0 spiro atoms. The molecular formula is C29H33F3N4. The summed E-state index contributed by atoms with van der Waals surface area (Å²) >= 11 is 0. The zero-order valence-electron chi connectivity index (χ0n) is 21.7. The summed E-state index contributed by atoms with van der Waals surface area (Å²) in [6.45, 7) is 15.2. The van der Waals surface area contributed by atoms with Gasteiger partial charge in [0.2, 0.25) is 0 Å². The SMILES string of the molecule is C=C1N(C2CC2)c2cc3c(NC(C)c4cccc(C(F)(F)C(C)C)c4F)nnc(C)c3cc2C1(C)C. The Morgan fingerprint density at radius 1 is 1.11 bits per heavy atom. The van der Waals surface area contributed by atoms with Gasteiger partial charge in [-0.15, -0.1) is 5.10 Å². The van der Waals surface area contributed by atoms with Gasteiger partial charge in [0.15, 0.2) is 5.82 Å². The van der Waals surface area contributed by atoms with Crippen molar-refractivity contribution in [3.05, 3.63) is 70.8 Å². The number of benzene rings is 2. The number of aryl methyl sites for hydroxylation is 1. The van der Waals surface area contributed by atoms with Crippen molar-refractivity contribution < 1.29 is 13.2 Å². The summed E-state index contributed by atoms with van der Waals surface area (Å²) in [6, 6.07) is 8.33. The lowest BCUT2D eigenvalue weighted by molar-refractivity contribution is -0.0545. The molecule has 1 aliphatic heterocycles. The minimum absolute atomic E-state index is 0.165. The number of alkyl halides is 2. The molecule has 1 aliphatic carbocycles. The third-order valence-electron chi connectivity index (χ3n) is 7.87. The van der Waals surface area contributed by atoms with Crippen LogP contribution < -0.4 is 10.2 Å². The average Bonchev–Trinajstić information content (AvgIpc) is 3.62. The monoisotopic (exact) mass is 494 g/mol. The zero-order chi connectivity index (χ0) is 26.2. The van der Waals surface area contributed by atoms with Gasteiger partial charge in [0.1, 0.15) is 5.82 Å². The quantitative estimate of drug-likeness (QED) is 0.380. The molecule has 1 atom stereocenters. The first kappa shape index (κ1) is 24.6. The van der Waals surface area contributed by atoms with Gasteiger partial charge < -0.3 is 10.2 Å². The molecule has 1 fully saturated rings. The molecule has 1 saturated carbocycles. The molecule has 0 radical (unpaired) electrons. The Morgan fingerprint density at radius 3 is 2.44 bits per heavy atom. The molecule has 3 aromatic rings. The molecule has 2 aromatic carbocycles. The zero-order valence-corrected chi connectivity index (χ0v) is 21.7. The predicted molar refractivity (Wildman–Crippen MR) is 139 cm³/mol. The maximum absolute atomic E-state index is 15.3. The number of nitrogens with zero attached hydrogens (tertiary/aromatic N) is 3. The Labute approximate surface area is 210 Å². The Balaban J connectivity index is 1.58. The molecule has 0 bridgehead atoms. The van der Waals surface area contributed by atoms with Gasteiger partial charge in [-0.05, 0) is 44.4 Å². The third kappa shape index (κ3) is 3.66. The fourth-order valence-corrected chi connectivity index (χ4v) is 5.21. The maximum atomic E-state index is 15.3. The molecule has 1 unspecified atom stereocenters. The van der Waals surface area contributed by atoms with Gasteiger partial charge in [0.05, 0.1) is 17.3 Å². The third-order valence-corrected chi connectivity index (χ3v) is 7.87. The van der Waals surface area contributed by atoms with Crippen LogP contribution in [0.25, 0.3) is 10.8 Å². The Morgan fingerprint density at radius 2 is 1.81 bits per heavy atom. The number of aromatic nitrogens is 2. The Hall–Kier alpha value is -3.09. The first-order valence-corrected chi connectivity index (χ1v) is 12.6. The van der Waals surface area contributed by atoms with Crippen LogP contribution in [-0.2, 0) is 11.3 Å². The molecule has 2 heterocycles. The minimum atomic E-state index is -3.27. The average molecular weight is 495 g/mol. The highest BCUT2D eigenvalue weighted by Gasteiger charge is 2.45. The first-order valence-electron chi connectivity index (χ1n) is 12.6. The molecule has 1 aromatic heterocycles. The minimum Gasteiger partial charge on any atom is -0.361 e. The van der Waals surface area contributed by atoms with Gasteiger partial charge in [-0.1, -0.05) is 52.5 Å². The van der Waals surface area contributed by atoms with Crippen LogP contribution in [0.5, 0.6) is 0 Å². The second-order valence-electron chi connectivity index (χ2n) is 11.1. The standard InChI is InChI=1S/C29H33F3N4/c1-15(2)29(31,32)23-10-8-9-20(26(23)30)16(3)33-27-22-14-25-24(13-21(22)17(4)34-35-27)28(6,7)18(5)36(25)19-11-12-19/h8-10,13-16,19H,5,11-12H2,1-4,6-7H3,(H,33,35).